The van der Waals surface area contributed by atoms with Gasteiger partial charge in [-0.05, 0) is 50.0 Å². The van der Waals surface area contributed by atoms with Crippen LogP contribution in [-0.4, -0.2) is 12.8 Å². The summed E-state index contributed by atoms with van der Waals surface area (Å²) in [7, 11) is 0. The minimum absolute atomic E-state index is 0.124. The number of nitrogens with two attached hydrogens (primary N) is 1. The van der Waals surface area contributed by atoms with E-state index >= 15 is 0 Å². The second-order valence-corrected chi connectivity index (χ2v) is 4.54. The molecule has 0 heterocycles. The standard InChI is InChI=1S/C12H21NO/c1-2-3-11-4-6-12(10-13,7-5-11)8-9-14/h2,9,11H,1,3-8,10,13H2. The second-order valence-electron chi connectivity index (χ2n) is 4.54. The highest BCUT2D eigenvalue weighted by molar-refractivity contribution is 5.50. The third kappa shape index (κ3) is 2.68. The van der Waals surface area contributed by atoms with Gasteiger partial charge in [0.25, 0.3) is 0 Å². The van der Waals surface area contributed by atoms with Gasteiger partial charge in [-0.3, -0.25) is 0 Å². The van der Waals surface area contributed by atoms with E-state index in [2.05, 4.69) is 6.58 Å². The molecule has 1 aliphatic rings. The van der Waals surface area contributed by atoms with E-state index in [4.69, 9.17) is 5.73 Å². The Labute approximate surface area is 86.6 Å². The molecule has 0 aromatic carbocycles. The van der Waals surface area contributed by atoms with Gasteiger partial charge in [0.1, 0.15) is 6.29 Å². The third-order valence-electron chi connectivity index (χ3n) is 3.62. The summed E-state index contributed by atoms with van der Waals surface area (Å²) >= 11 is 0. The molecule has 0 unspecified atom stereocenters. The average molecular weight is 195 g/mol. The lowest BCUT2D eigenvalue weighted by molar-refractivity contribution is -0.110. The monoisotopic (exact) mass is 195 g/mol. The number of hydrogen-bond donors (Lipinski definition) is 1. The molecule has 0 aliphatic heterocycles. The molecule has 1 fully saturated rings. The fourth-order valence-corrected chi connectivity index (χ4v) is 2.43. The summed E-state index contributed by atoms with van der Waals surface area (Å²) in [6.07, 6.45) is 9.42. The van der Waals surface area contributed by atoms with Crippen molar-refractivity contribution in [1.29, 1.82) is 0 Å². The van der Waals surface area contributed by atoms with Gasteiger partial charge in [0.2, 0.25) is 0 Å². The number of rotatable bonds is 5. The maximum absolute atomic E-state index is 10.6. The van der Waals surface area contributed by atoms with Crippen LogP contribution in [0, 0.1) is 11.3 Å². The molecule has 2 heteroatoms. The third-order valence-corrected chi connectivity index (χ3v) is 3.62. The van der Waals surface area contributed by atoms with Crippen molar-refractivity contribution in [3.05, 3.63) is 12.7 Å². The fraction of sp³-hybridized carbons (Fsp3) is 0.750. The molecule has 2 nitrogen and oxygen atoms in total. The van der Waals surface area contributed by atoms with Gasteiger partial charge in [-0.25, -0.2) is 0 Å². The Morgan fingerprint density at radius 1 is 1.43 bits per heavy atom. The quantitative estimate of drug-likeness (QED) is 0.540. The van der Waals surface area contributed by atoms with E-state index < -0.39 is 0 Å². The minimum atomic E-state index is 0.124. The molecule has 0 spiro atoms. The molecule has 0 bridgehead atoms. The van der Waals surface area contributed by atoms with Crippen molar-refractivity contribution >= 4 is 6.29 Å². The molecule has 80 valence electrons. The molecule has 14 heavy (non-hydrogen) atoms. The molecule has 1 aliphatic carbocycles. The lowest BCUT2D eigenvalue weighted by Crippen LogP contribution is -2.35. The predicted molar refractivity (Wildman–Crippen MR) is 58.9 cm³/mol. The zero-order valence-corrected chi connectivity index (χ0v) is 8.87. The molecule has 0 radical (unpaired) electrons. The summed E-state index contributed by atoms with van der Waals surface area (Å²) in [5.41, 5.74) is 5.89. The van der Waals surface area contributed by atoms with Gasteiger partial charge in [-0.15, -0.1) is 6.58 Å². The number of aldehydes is 1. The molecular weight excluding hydrogens is 174 g/mol. The van der Waals surface area contributed by atoms with E-state index in [1.165, 1.54) is 12.8 Å². The predicted octanol–water partition coefficient (Wildman–Crippen LogP) is 2.29. The summed E-state index contributed by atoms with van der Waals surface area (Å²) in [5, 5.41) is 0. The van der Waals surface area contributed by atoms with E-state index in [-0.39, 0.29) is 5.41 Å². The number of hydrogen-bond acceptors (Lipinski definition) is 2. The first kappa shape index (κ1) is 11.4. The van der Waals surface area contributed by atoms with Crippen molar-refractivity contribution in [3.63, 3.8) is 0 Å². The molecule has 1 rings (SSSR count). The smallest absolute Gasteiger partial charge is 0.120 e. The van der Waals surface area contributed by atoms with E-state index in [1.54, 1.807) is 0 Å². The van der Waals surface area contributed by atoms with E-state index in [1.807, 2.05) is 6.08 Å². The highest BCUT2D eigenvalue weighted by Gasteiger charge is 2.33. The van der Waals surface area contributed by atoms with Gasteiger partial charge in [0.05, 0.1) is 0 Å². The van der Waals surface area contributed by atoms with Crippen LogP contribution in [0.5, 0.6) is 0 Å². The maximum atomic E-state index is 10.6. The average Bonchev–Trinajstić information content (AvgIpc) is 2.22. The van der Waals surface area contributed by atoms with Crippen molar-refractivity contribution in [2.75, 3.05) is 6.54 Å². The highest BCUT2D eigenvalue weighted by Crippen LogP contribution is 2.41. The van der Waals surface area contributed by atoms with Gasteiger partial charge in [-0.2, -0.15) is 0 Å². The first-order chi connectivity index (χ1) is 6.76. The molecule has 0 aromatic rings. The lowest BCUT2D eigenvalue weighted by Gasteiger charge is -2.38. The summed E-state index contributed by atoms with van der Waals surface area (Å²) < 4.78 is 0. The van der Waals surface area contributed by atoms with Gasteiger partial charge in [-0.1, -0.05) is 6.08 Å². The van der Waals surface area contributed by atoms with Gasteiger partial charge in [0, 0.05) is 6.42 Å². The first-order valence-electron chi connectivity index (χ1n) is 5.51. The van der Waals surface area contributed by atoms with Gasteiger partial charge >= 0.3 is 0 Å². The molecule has 1 saturated carbocycles. The van der Waals surface area contributed by atoms with Crippen molar-refractivity contribution < 1.29 is 4.79 Å². The van der Waals surface area contributed by atoms with Gasteiger partial charge < -0.3 is 10.5 Å². The molecule has 0 aromatic heterocycles. The summed E-state index contributed by atoms with van der Waals surface area (Å²) in [6, 6.07) is 0. The summed E-state index contributed by atoms with van der Waals surface area (Å²) in [6.45, 7) is 4.43. The fourth-order valence-electron chi connectivity index (χ4n) is 2.43. The van der Waals surface area contributed by atoms with Crippen molar-refractivity contribution in [1.82, 2.24) is 0 Å². The van der Waals surface area contributed by atoms with E-state index in [0.717, 1.165) is 31.5 Å². The van der Waals surface area contributed by atoms with Crippen LogP contribution in [0.4, 0.5) is 0 Å². The second kappa shape index (κ2) is 5.30. The first-order valence-corrected chi connectivity index (χ1v) is 5.51. The number of carbonyl (C=O) groups excluding carboxylic acids is 1. The van der Waals surface area contributed by atoms with Crippen LogP contribution in [0.15, 0.2) is 12.7 Å². The molecular formula is C12H21NO. The topological polar surface area (TPSA) is 43.1 Å². The Hall–Kier alpha value is -0.630. The van der Waals surface area contributed by atoms with Gasteiger partial charge in [0.15, 0.2) is 0 Å². The largest absolute Gasteiger partial charge is 0.330 e. The van der Waals surface area contributed by atoms with Crippen LogP contribution in [0.25, 0.3) is 0 Å². The van der Waals surface area contributed by atoms with Crippen LogP contribution < -0.4 is 5.73 Å². The SMILES string of the molecule is C=CCC1CCC(CN)(CC=O)CC1. The summed E-state index contributed by atoms with van der Waals surface area (Å²) in [4.78, 5) is 10.6. The maximum Gasteiger partial charge on any atom is 0.120 e. The van der Waals surface area contributed by atoms with Crippen LogP contribution in [-0.2, 0) is 4.79 Å². The van der Waals surface area contributed by atoms with E-state index in [9.17, 15) is 4.79 Å². The van der Waals surface area contributed by atoms with Crippen LogP contribution in [0.3, 0.4) is 0 Å². The zero-order chi connectivity index (χ0) is 10.4. The lowest BCUT2D eigenvalue weighted by atomic mass is 9.68. The Balaban J connectivity index is 2.45. The van der Waals surface area contributed by atoms with Crippen LogP contribution in [0.2, 0.25) is 0 Å². The zero-order valence-electron chi connectivity index (χ0n) is 8.87. The molecule has 2 N–H and O–H groups in total. The van der Waals surface area contributed by atoms with Crippen molar-refractivity contribution in [3.8, 4) is 0 Å². The van der Waals surface area contributed by atoms with Crippen molar-refractivity contribution in [2.24, 2.45) is 17.1 Å². The Bertz CT molecular complexity index is 192. The molecule has 0 saturated heterocycles. The van der Waals surface area contributed by atoms with Crippen LogP contribution >= 0.6 is 0 Å². The Kier molecular flexibility index (Phi) is 4.33. The van der Waals surface area contributed by atoms with Crippen molar-refractivity contribution in [2.45, 2.75) is 38.5 Å². The number of allylic oxidation sites excluding steroid dienone is 1. The molecule has 0 amide bonds. The van der Waals surface area contributed by atoms with Crippen LogP contribution in [0.1, 0.15) is 38.5 Å². The normalized spacial score (nSPS) is 32.5. The Morgan fingerprint density at radius 2 is 2.07 bits per heavy atom. The minimum Gasteiger partial charge on any atom is -0.330 e. The van der Waals surface area contributed by atoms with E-state index in [0.29, 0.717) is 13.0 Å². The Morgan fingerprint density at radius 3 is 2.50 bits per heavy atom. The number of carbonyl (C=O) groups is 1. The molecule has 0 atom stereocenters. The summed E-state index contributed by atoms with van der Waals surface area (Å²) in [5.74, 6) is 0.777. The highest BCUT2D eigenvalue weighted by atomic mass is 16.1.